The molecule has 0 aliphatic carbocycles. The number of carbonyl (C=O) groups is 2. The second kappa shape index (κ2) is 5.55. The van der Waals surface area contributed by atoms with E-state index in [1.807, 2.05) is 0 Å². The maximum absolute atomic E-state index is 11.7. The summed E-state index contributed by atoms with van der Waals surface area (Å²) in [7, 11) is 1.33. The highest BCUT2D eigenvalue weighted by atomic mass is 16.6. The van der Waals surface area contributed by atoms with Gasteiger partial charge in [-0.2, -0.15) is 0 Å². The van der Waals surface area contributed by atoms with Crippen molar-refractivity contribution >= 4 is 17.6 Å². The number of nitrogens with zero attached hydrogens (tertiary/aromatic N) is 1. The van der Waals surface area contributed by atoms with Crippen LogP contribution in [0.4, 0.5) is 5.69 Å². The van der Waals surface area contributed by atoms with Crippen LogP contribution in [0.2, 0.25) is 0 Å². The van der Waals surface area contributed by atoms with E-state index < -0.39 is 28.0 Å². The molecule has 1 N–H and O–H groups in total. The molecule has 8 heteroatoms. The summed E-state index contributed by atoms with van der Waals surface area (Å²) < 4.78 is 9.65. The predicted octanol–water partition coefficient (Wildman–Crippen LogP) is 1.62. The zero-order valence-electron chi connectivity index (χ0n) is 11.1. The highest BCUT2D eigenvalue weighted by molar-refractivity contribution is 5.99. The number of methoxy groups -OCH3 is 1. The maximum atomic E-state index is 11.7. The number of carboxylic acids is 1. The molecule has 0 aliphatic rings. The Morgan fingerprint density at radius 3 is 2.40 bits per heavy atom. The zero-order chi connectivity index (χ0) is 15.5. The van der Waals surface area contributed by atoms with E-state index in [1.165, 1.54) is 19.2 Å². The average Bonchev–Trinajstić information content (AvgIpc) is 2.38. The lowest BCUT2D eigenvalue weighted by molar-refractivity contribution is -0.385. The maximum Gasteiger partial charge on any atom is 0.328 e. The van der Waals surface area contributed by atoms with Gasteiger partial charge in [-0.1, -0.05) is 0 Å². The van der Waals surface area contributed by atoms with Crippen LogP contribution in [-0.4, -0.2) is 29.1 Å². The Morgan fingerprint density at radius 1 is 1.35 bits per heavy atom. The van der Waals surface area contributed by atoms with Gasteiger partial charge >= 0.3 is 17.6 Å². The number of benzene rings is 1. The first-order valence-electron chi connectivity index (χ1n) is 5.48. The first kappa shape index (κ1) is 15.4. The van der Waals surface area contributed by atoms with Gasteiger partial charge in [0.25, 0.3) is 0 Å². The first-order valence-corrected chi connectivity index (χ1v) is 5.48. The second-order valence-corrected chi connectivity index (χ2v) is 4.41. The lowest BCUT2D eigenvalue weighted by atomic mass is 9.94. The molecule has 0 saturated heterocycles. The van der Waals surface area contributed by atoms with E-state index in [-0.39, 0.29) is 11.5 Å². The van der Waals surface area contributed by atoms with Gasteiger partial charge in [0.05, 0.1) is 18.1 Å². The van der Waals surface area contributed by atoms with Crippen molar-refractivity contribution < 1.29 is 29.1 Å². The van der Waals surface area contributed by atoms with Crippen LogP contribution in [0.5, 0.6) is 11.5 Å². The van der Waals surface area contributed by atoms with Gasteiger partial charge in [-0.05, 0) is 26.0 Å². The molecular weight excluding hydrogens is 270 g/mol. The van der Waals surface area contributed by atoms with Crippen LogP contribution >= 0.6 is 0 Å². The number of nitro groups is 1. The van der Waals surface area contributed by atoms with Crippen molar-refractivity contribution in [1.82, 2.24) is 0 Å². The van der Waals surface area contributed by atoms with Crippen LogP contribution in [0.15, 0.2) is 18.2 Å². The summed E-state index contributed by atoms with van der Waals surface area (Å²) in [6.07, 6.45) is 0. The fourth-order valence-corrected chi connectivity index (χ4v) is 1.17. The standard InChI is InChI=1S/C12H13NO7/c1-12(2,10(14)15)11(16)20-9-5-4-7(19-3)6-8(9)13(17)18/h4-6H,1-3H3,(H,14,15). The summed E-state index contributed by atoms with van der Waals surface area (Å²) in [5.74, 6) is -2.61. The smallest absolute Gasteiger partial charge is 0.328 e. The van der Waals surface area contributed by atoms with Crippen molar-refractivity contribution in [3.05, 3.63) is 28.3 Å². The minimum absolute atomic E-state index is 0.217. The van der Waals surface area contributed by atoms with E-state index in [4.69, 9.17) is 14.6 Å². The highest BCUT2D eigenvalue weighted by Crippen LogP contribution is 2.32. The van der Waals surface area contributed by atoms with E-state index in [0.29, 0.717) is 0 Å². The first-order chi connectivity index (χ1) is 9.20. The van der Waals surface area contributed by atoms with E-state index in [1.54, 1.807) is 0 Å². The molecule has 108 valence electrons. The third kappa shape index (κ3) is 3.02. The summed E-state index contributed by atoms with van der Waals surface area (Å²) >= 11 is 0. The topological polar surface area (TPSA) is 116 Å². The monoisotopic (exact) mass is 283 g/mol. The fraction of sp³-hybridized carbons (Fsp3) is 0.333. The molecule has 1 rings (SSSR count). The third-order valence-corrected chi connectivity index (χ3v) is 2.61. The van der Waals surface area contributed by atoms with Crippen molar-refractivity contribution in [1.29, 1.82) is 0 Å². The Labute approximate surface area is 114 Å². The van der Waals surface area contributed by atoms with E-state index in [0.717, 1.165) is 19.9 Å². The molecule has 0 fully saturated rings. The van der Waals surface area contributed by atoms with Crippen molar-refractivity contribution in [2.75, 3.05) is 7.11 Å². The van der Waals surface area contributed by atoms with Crippen LogP contribution in [-0.2, 0) is 9.59 Å². The van der Waals surface area contributed by atoms with Gasteiger partial charge in [0.1, 0.15) is 5.75 Å². The van der Waals surface area contributed by atoms with Crippen LogP contribution < -0.4 is 9.47 Å². The Bertz CT molecular complexity index is 565. The molecule has 0 atom stereocenters. The van der Waals surface area contributed by atoms with Crippen molar-refractivity contribution in [2.45, 2.75) is 13.8 Å². The summed E-state index contributed by atoms with van der Waals surface area (Å²) in [6, 6.07) is 3.62. The molecule has 0 bridgehead atoms. The quantitative estimate of drug-likeness (QED) is 0.287. The van der Waals surface area contributed by atoms with Crippen molar-refractivity contribution in [3.8, 4) is 11.5 Å². The summed E-state index contributed by atoms with van der Waals surface area (Å²) in [5.41, 5.74) is -2.30. The summed E-state index contributed by atoms with van der Waals surface area (Å²) in [4.78, 5) is 32.8. The Kier molecular flexibility index (Phi) is 4.28. The summed E-state index contributed by atoms with van der Waals surface area (Å²) in [6.45, 7) is 2.29. The molecule has 0 spiro atoms. The molecule has 1 aromatic rings. The highest BCUT2D eigenvalue weighted by Gasteiger charge is 2.39. The van der Waals surface area contributed by atoms with Gasteiger partial charge in [-0.3, -0.25) is 19.7 Å². The van der Waals surface area contributed by atoms with Gasteiger partial charge in [-0.15, -0.1) is 0 Å². The number of hydrogen-bond donors (Lipinski definition) is 1. The molecule has 0 aromatic heterocycles. The number of hydrogen-bond acceptors (Lipinski definition) is 6. The van der Waals surface area contributed by atoms with Gasteiger partial charge in [-0.25, -0.2) is 0 Å². The van der Waals surface area contributed by atoms with E-state index >= 15 is 0 Å². The Morgan fingerprint density at radius 2 is 1.95 bits per heavy atom. The molecule has 0 amide bonds. The zero-order valence-corrected chi connectivity index (χ0v) is 11.1. The summed E-state index contributed by atoms with van der Waals surface area (Å²) in [5, 5.41) is 19.8. The van der Waals surface area contributed by atoms with Gasteiger partial charge in [0.15, 0.2) is 5.41 Å². The van der Waals surface area contributed by atoms with E-state index in [2.05, 4.69) is 0 Å². The second-order valence-electron chi connectivity index (χ2n) is 4.41. The molecule has 0 radical (unpaired) electrons. The largest absolute Gasteiger partial charge is 0.496 e. The number of ether oxygens (including phenoxy) is 2. The SMILES string of the molecule is COc1ccc(OC(=O)C(C)(C)C(=O)O)c([N+](=O)[O-])c1. The third-order valence-electron chi connectivity index (χ3n) is 2.61. The van der Waals surface area contributed by atoms with Gasteiger partial charge < -0.3 is 14.6 Å². The predicted molar refractivity (Wildman–Crippen MR) is 66.7 cm³/mol. The molecule has 8 nitrogen and oxygen atoms in total. The van der Waals surface area contributed by atoms with Crippen LogP contribution in [0.1, 0.15) is 13.8 Å². The normalized spacial score (nSPS) is 10.8. The lowest BCUT2D eigenvalue weighted by Gasteiger charge is -2.17. The van der Waals surface area contributed by atoms with Crippen LogP contribution in [0.25, 0.3) is 0 Å². The molecule has 20 heavy (non-hydrogen) atoms. The minimum atomic E-state index is -1.81. The minimum Gasteiger partial charge on any atom is -0.496 e. The van der Waals surface area contributed by atoms with Crippen LogP contribution in [0, 0.1) is 15.5 Å². The molecule has 0 unspecified atom stereocenters. The fourth-order valence-electron chi connectivity index (χ4n) is 1.17. The van der Waals surface area contributed by atoms with Crippen molar-refractivity contribution in [2.24, 2.45) is 5.41 Å². The number of esters is 1. The molecule has 0 aliphatic heterocycles. The Balaban J connectivity index is 3.13. The number of aliphatic carboxylic acids is 1. The molecule has 0 saturated carbocycles. The lowest BCUT2D eigenvalue weighted by Crippen LogP contribution is -2.36. The van der Waals surface area contributed by atoms with E-state index in [9.17, 15) is 19.7 Å². The molecule has 1 aromatic carbocycles. The molecular formula is C12H13NO7. The Hall–Kier alpha value is -2.64. The average molecular weight is 283 g/mol. The number of rotatable bonds is 5. The number of carboxylic acid groups (broad SMARTS) is 1. The number of carbonyl (C=O) groups excluding carboxylic acids is 1. The van der Waals surface area contributed by atoms with Gasteiger partial charge in [0, 0.05) is 0 Å². The molecule has 0 heterocycles. The van der Waals surface area contributed by atoms with Crippen LogP contribution in [0.3, 0.4) is 0 Å². The van der Waals surface area contributed by atoms with Gasteiger partial charge in [0.2, 0.25) is 5.75 Å². The van der Waals surface area contributed by atoms with Crippen molar-refractivity contribution in [3.63, 3.8) is 0 Å². The number of nitro benzene ring substituents is 1.